The van der Waals surface area contributed by atoms with Crippen LogP contribution in [0.5, 0.6) is 0 Å². The highest BCUT2D eigenvalue weighted by molar-refractivity contribution is 6.29. The van der Waals surface area contributed by atoms with Gasteiger partial charge in [0, 0.05) is 6.54 Å². The SMILES string of the molecule is O=C(Nc1ccc(Cl)nc1)[C@H]1CCCNC1. The zero-order chi connectivity index (χ0) is 11.4. The van der Waals surface area contributed by atoms with Crippen LogP contribution >= 0.6 is 11.6 Å². The van der Waals surface area contributed by atoms with E-state index in [4.69, 9.17) is 11.6 Å². The Balaban J connectivity index is 1.93. The van der Waals surface area contributed by atoms with Crippen molar-refractivity contribution in [1.82, 2.24) is 10.3 Å². The van der Waals surface area contributed by atoms with Crippen LogP contribution in [-0.4, -0.2) is 24.0 Å². The third kappa shape index (κ3) is 2.93. The van der Waals surface area contributed by atoms with Gasteiger partial charge in [-0.15, -0.1) is 0 Å². The maximum Gasteiger partial charge on any atom is 0.228 e. The Morgan fingerprint density at radius 1 is 1.56 bits per heavy atom. The molecule has 0 saturated carbocycles. The number of carbonyl (C=O) groups excluding carboxylic acids is 1. The van der Waals surface area contributed by atoms with Gasteiger partial charge >= 0.3 is 0 Å². The molecule has 1 aromatic rings. The lowest BCUT2D eigenvalue weighted by atomic mass is 9.99. The largest absolute Gasteiger partial charge is 0.324 e. The Morgan fingerprint density at radius 3 is 3.06 bits per heavy atom. The highest BCUT2D eigenvalue weighted by Crippen LogP contribution is 2.14. The van der Waals surface area contributed by atoms with Crippen LogP contribution in [0.1, 0.15) is 12.8 Å². The van der Waals surface area contributed by atoms with E-state index in [2.05, 4.69) is 15.6 Å². The van der Waals surface area contributed by atoms with Crippen LogP contribution in [-0.2, 0) is 4.79 Å². The van der Waals surface area contributed by atoms with Crippen molar-refractivity contribution in [3.63, 3.8) is 0 Å². The van der Waals surface area contributed by atoms with Crippen LogP contribution in [0.15, 0.2) is 18.3 Å². The van der Waals surface area contributed by atoms with Crippen LogP contribution in [0, 0.1) is 5.92 Å². The molecule has 0 unspecified atom stereocenters. The van der Waals surface area contributed by atoms with Gasteiger partial charge in [0.1, 0.15) is 5.15 Å². The summed E-state index contributed by atoms with van der Waals surface area (Å²) in [5.41, 5.74) is 0.694. The second-order valence-corrected chi connectivity index (χ2v) is 4.29. The molecule has 1 atom stereocenters. The third-order valence-corrected chi connectivity index (χ3v) is 2.89. The summed E-state index contributed by atoms with van der Waals surface area (Å²) in [5.74, 6) is 0.112. The number of hydrogen-bond donors (Lipinski definition) is 2. The maximum absolute atomic E-state index is 11.8. The molecule has 0 spiro atoms. The minimum absolute atomic E-state index is 0.0522. The van der Waals surface area contributed by atoms with Crippen molar-refractivity contribution in [2.75, 3.05) is 18.4 Å². The van der Waals surface area contributed by atoms with E-state index in [-0.39, 0.29) is 11.8 Å². The molecule has 0 aliphatic carbocycles. The number of carbonyl (C=O) groups is 1. The summed E-state index contributed by atoms with van der Waals surface area (Å²) in [6.07, 6.45) is 3.56. The van der Waals surface area contributed by atoms with Crippen molar-refractivity contribution < 1.29 is 4.79 Å². The molecule has 2 N–H and O–H groups in total. The van der Waals surface area contributed by atoms with Crippen molar-refractivity contribution in [3.05, 3.63) is 23.5 Å². The molecule has 0 aromatic carbocycles. The van der Waals surface area contributed by atoms with Crippen LogP contribution in [0.3, 0.4) is 0 Å². The minimum atomic E-state index is 0.0522. The molecule has 1 saturated heterocycles. The molecule has 16 heavy (non-hydrogen) atoms. The van der Waals surface area contributed by atoms with Gasteiger partial charge < -0.3 is 10.6 Å². The summed E-state index contributed by atoms with van der Waals surface area (Å²) in [4.78, 5) is 15.8. The molecule has 1 fully saturated rings. The molecule has 0 radical (unpaired) electrons. The number of anilines is 1. The van der Waals surface area contributed by atoms with Gasteiger partial charge in [0.05, 0.1) is 17.8 Å². The molecule has 1 aliphatic heterocycles. The number of rotatable bonds is 2. The Bertz CT molecular complexity index is 360. The molecule has 1 aliphatic rings. The molecular formula is C11H14ClN3O. The molecule has 0 bridgehead atoms. The molecule has 86 valence electrons. The Morgan fingerprint density at radius 2 is 2.44 bits per heavy atom. The van der Waals surface area contributed by atoms with Gasteiger partial charge in [-0.3, -0.25) is 4.79 Å². The fraction of sp³-hybridized carbons (Fsp3) is 0.455. The van der Waals surface area contributed by atoms with E-state index in [0.717, 1.165) is 25.9 Å². The number of aromatic nitrogens is 1. The molecule has 2 rings (SSSR count). The Kier molecular flexibility index (Phi) is 3.74. The average molecular weight is 240 g/mol. The summed E-state index contributed by atoms with van der Waals surface area (Å²) >= 11 is 5.66. The van der Waals surface area contributed by atoms with E-state index in [1.807, 2.05) is 0 Å². The minimum Gasteiger partial charge on any atom is -0.324 e. The number of piperidine rings is 1. The quantitative estimate of drug-likeness (QED) is 0.772. The first-order chi connectivity index (χ1) is 7.75. The summed E-state index contributed by atoms with van der Waals surface area (Å²) in [6.45, 7) is 1.76. The number of amides is 1. The maximum atomic E-state index is 11.8. The zero-order valence-corrected chi connectivity index (χ0v) is 9.63. The van der Waals surface area contributed by atoms with Gasteiger partial charge in [-0.05, 0) is 31.5 Å². The lowest BCUT2D eigenvalue weighted by molar-refractivity contribution is -0.120. The molecule has 4 nitrogen and oxygen atoms in total. The van der Waals surface area contributed by atoms with Crippen molar-refractivity contribution in [1.29, 1.82) is 0 Å². The van der Waals surface area contributed by atoms with E-state index in [1.54, 1.807) is 18.3 Å². The zero-order valence-electron chi connectivity index (χ0n) is 8.87. The van der Waals surface area contributed by atoms with E-state index in [0.29, 0.717) is 10.8 Å². The number of pyridine rings is 1. The van der Waals surface area contributed by atoms with Gasteiger partial charge in [0.2, 0.25) is 5.91 Å². The fourth-order valence-corrected chi connectivity index (χ4v) is 1.88. The van der Waals surface area contributed by atoms with E-state index in [9.17, 15) is 4.79 Å². The van der Waals surface area contributed by atoms with Gasteiger partial charge in [0.25, 0.3) is 0 Å². The molecule has 1 amide bonds. The standard InChI is InChI=1S/C11H14ClN3O/c12-10-4-3-9(7-14-10)15-11(16)8-2-1-5-13-6-8/h3-4,7-8,13H,1-2,5-6H2,(H,15,16)/t8-/m0/s1. The first-order valence-electron chi connectivity index (χ1n) is 5.39. The molecule has 5 heteroatoms. The second kappa shape index (κ2) is 5.27. The number of halogens is 1. The summed E-state index contributed by atoms with van der Waals surface area (Å²) in [7, 11) is 0. The van der Waals surface area contributed by atoms with E-state index in [1.165, 1.54) is 0 Å². The van der Waals surface area contributed by atoms with Crippen LogP contribution in [0.25, 0.3) is 0 Å². The topological polar surface area (TPSA) is 54.0 Å². The Labute approximate surface area is 99.4 Å². The predicted octanol–water partition coefficient (Wildman–Crippen LogP) is 1.67. The van der Waals surface area contributed by atoms with E-state index < -0.39 is 0 Å². The summed E-state index contributed by atoms with van der Waals surface area (Å²) in [5, 5.41) is 6.48. The number of hydrogen-bond acceptors (Lipinski definition) is 3. The number of nitrogens with zero attached hydrogens (tertiary/aromatic N) is 1. The van der Waals surface area contributed by atoms with Gasteiger partial charge in [-0.2, -0.15) is 0 Å². The average Bonchev–Trinajstić information content (AvgIpc) is 2.33. The highest BCUT2D eigenvalue weighted by Gasteiger charge is 2.20. The lowest BCUT2D eigenvalue weighted by Crippen LogP contribution is -2.37. The van der Waals surface area contributed by atoms with Crippen LogP contribution in [0.4, 0.5) is 5.69 Å². The van der Waals surface area contributed by atoms with Crippen molar-refractivity contribution in [2.45, 2.75) is 12.8 Å². The lowest BCUT2D eigenvalue weighted by Gasteiger charge is -2.21. The summed E-state index contributed by atoms with van der Waals surface area (Å²) < 4.78 is 0. The van der Waals surface area contributed by atoms with Crippen molar-refractivity contribution >= 4 is 23.2 Å². The monoisotopic (exact) mass is 239 g/mol. The van der Waals surface area contributed by atoms with Crippen molar-refractivity contribution in [2.24, 2.45) is 5.92 Å². The fourth-order valence-electron chi connectivity index (χ4n) is 1.77. The highest BCUT2D eigenvalue weighted by atomic mass is 35.5. The Hall–Kier alpha value is -1.13. The first kappa shape index (κ1) is 11.4. The van der Waals surface area contributed by atoms with Gasteiger partial charge in [0.15, 0.2) is 0 Å². The number of nitrogens with one attached hydrogen (secondary N) is 2. The molecular weight excluding hydrogens is 226 g/mol. The second-order valence-electron chi connectivity index (χ2n) is 3.90. The predicted molar refractivity (Wildman–Crippen MR) is 63.5 cm³/mol. The third-order valence-electron chi connectivity index (χ3n) is 2.66. The molecule has 2 heterocycles. The van der Waals surface area contributed by atoms with Gasteiger partial charge in [-0.1, -0.05) is 11.6 Å². The van der Waals surface area contributed by atoms with Gasteiger partial charge in [-0.25, -0.2) is 4.98 Å². The molecule has 1 aromatic heterocycles. The normalized spacial score (nSPS) is 20.4. The van der Waals surface area contributed by atoms with Crippen molar-refractivity contribution in [3.8, 4) is 0 Å². The van der Waals surface area contributed by atoms with E-state index >= 15 is 0 Å². The summed E-state index contributed by atoms with van der Waals surface area (Å²) in [6, 6.07) is 3.42. The first-order valence-corrected chi connectivity index (χ1v) is 5.76. The van der Waals surface area contributed by atoms with Crippen LogP contribution in [0.2, 0.25) is 5.15 Å². The smallest absolute Gasteiger partial charge is 0.228 e. The van der Waals surface area contributed by atoms with Crippen LogP contribution < -0.4 is 10.6 Å².